The Bertz CT molecular complexity index is 1520. The van der Waals surface area contributed by atoms with Crippen LogP contribution in [0.15, 0.2) is 83.5 Å². The van der Waals surface area contributed by atoms with Gasteiger partial charge in [-0.05, 0) is 61.0 Å². The summed E-state index contributed by atoms with van der Waals surface area (Å²) in [5, 5.41) is 4.96. The minimum atomic E-state index is -4.66. The summed E-state index contributed by atoms with van der Waals surface area (Å²) in [5.74, 6) is -2.73. The lowest BCUT2D eigenvalue weighted by atomic mass is 10.1. The number of amides is 3. The number of esters is 1. The third-order valence-corrected chi connectivity index (χ3v) is 6.06. The maximum absolute atomic E-state index is 13.1. The van der Waals surface area contributed by atoms with E-state index in [4.69, 9.17) is 16.3 Å². The third-order valence-electron chi connectivity index (χ3n) is 5.70. The van der Waals surface area contributed by atoms with Crippen LogP contribution < -0.4 is 15.5 Å². The molecule has 0 saturated carbocycles. The zero-order chi connectivity index (χ0) is 29.0. The molecular weight excluding hydrogens is 551 g/mol. The highest BCUT2D eigenvalue weighted by molar-refractivity contribution is 6.53. The highest BCUT2D eigenvalue weighted by atomic mass is 35.5. The van der Waals surface area contributed by atoms with E-state index in [1.54, 1.807) is 49.4 Å². The van der Waals surface area contributed by atoms with Crippen molar-refractivity contribution < 1.29 is 37.1 Å². The van der Waals surface area contributed by atoms with Gasteiger partial charge in [0.2, 0.25) is 5.91 Å². The van der Waals surface area contributed by atoms with Crippen LogP contribution in [-0.2, 0) is 31.7 Å². The molecule has 0 saturated heterocycles. The molecule has 4 rings (SSSR count). The largest absolute Gasteiger partial charge is 0.462 e. The number of halogens is 4. The lowest BCUT2D eigenvalue weighted by molar-refractivity contribution is -0.137. The summed E-state index contributed by atoms with van der Waals surface area (Å²) in [6.07, 6.45) is -4.67. The van der Waals surface area contributed by atoms with Crippen LogP contribution in [0.4, 0.5) is 30.2 Å². The Morgan fingerprint density at radius 3 is 2.30 bits per heavy atom. The predicted molar refractivity (Wildman–Crippen MR) is 142 cm³/mol. The van der Waals surface area contributed by atoms with Crippen molar-refractivity contribution in [3.05, 3.63) is 100 Å². The molecule has 1 heterocycles. The molecule has 2 N–H and O–H groups in total. The number of hydrogen-bond acceptors (Lipinski definition) is 6. The fourth-order valence-electron chi connectivity index (χ4n) is 3.85. The molecule has 0 fully saturated rings. The van der Waals surface area contributed by atoms with Gasteiger partial charge in [0.1, 0.15) is 10.7 Å². The first-order valence-electron chi connectivity index (χ1n) is 11.9. The molecule has 12 heteroatoms. The number of carbonyl (C=O) groups is 4. The van der Waals surface area contributed by atoms with Gasteiger partial charge in [-0.3, -0.25) is 14.4 Å². The summed E-state index contributed by atoms with van der Waals surface area (Å²) in [4.78, 5) is 50.5. The fraction of sp³-hybridized carbons (Fsp3) is 0.143. The van der Waals surface area contributed by atoms with Crippen LogP contribution in [0.5, 0.6) is 0 Å². The zero-order valence-corrected chi connectivity index (χ0v) is 21.6. The highest BCUT2D eigenvalue weighted by Gasteiger charge is 2.40. The van der Waals surface area contributed by atoms with Crippen LogP contribution in [0, 0.1) is 0 Å². The second-order valence-electron chi connectivity index (χ2n) is 8.53. The van der Waals surface area contributed by atoms with Crippen molar-refractivity contribution in [3.8, 4) is 0 Å². The number of nitrogens with zero attached hydrogens (tertiary/aromatic N) is 1. The van der Waals surface area contributed by atoms with E-state index in [1.165, 1.54) is 12.1 Å². The van der Waals surface area contributed by atoms with Crippen molar-refractivity contribution in [3.63, 3.8) is 0 Å². The normalized spacial score (nSPS) is 13.5. The number of alkyl halides is 3. The summed E-state index contributed by atoms with van der Waals surface area (Å²) in [6, 6.07) is 16.4. The number of anilines is 3. The second kappa shape index (κ2) is 11.6. The molecular formula is C28H21ClF3N3O5. The van der Waals surface area contributed by atoms with E-state index in [0.29, 0.717) is 33.5 Å². The summed E-state index contributed by atoms with van der Waals surface area (Å²) in [6.45, 7) is 1.92. The molecule has 0 unspecified atom stereocenters. The van der Waals surface area contributed by atoms with Crippen molar-refractivity contribution in [2.24, 2.45) is 0 Å². The number of hydrogen-bond donors (Lipinski definition) is 2. The first kappa shape index (κ1) is 28.4. The first-order valence-corrected chi connectivity index (χ1v) is 12.2. The molecule has 8 nitrogen and oxygen atoms in total. The molecule has 3 aromatic carbocycles. The number of ether oxygens (including phenoxy) is 1. The Labute approximate surface area is 231 Å². The third kappa shape index (κ3) is 6.32. The number of benzene rings is 3. The molecule has 1 aliphatic rings. The monoisotopic (exact) mass is 571 g/mol. The van der Waals surface area contributed by atoms with Gasteiger partial charge < -0.3 is 15.4 Å². The van der Waals surface area contributed by atoms with E-state index in [-0.39, 0.29) is 30.3 Å². The van der Waals surface area contributed by atoms with Gasteiger partial charge in [-0.1, -0.05) is 35.9 Å². The topological polar surface area (TPSA) is 105 Å². The van der Waals surface area contributed by atoms with E-state index in [0.717, 1.165) is 12.1 Å². The van der Waals surface area contributed by atoms with E-state index in [9.17, 15) is 32.3 Å². The Hall–Kier alpha value is -4.64. The SMILES string of the molecule is CCOC(=O)c1cccc(NC(=O)Cc2ccc(NC3=C(Cl)C(=O)N(c4cccc(C(F)(F)F)c4)C3=O)cc2)c1. The molecule has 3 aromatic rings. The Kier molecular flexibility index (Phi) is 8.24. The van der Waals surface area contributed by atoms with Gasteiger partial charge in [0, 0.05) is 11.4 Å². The molecule has 0 bridgehead atoms. The van der Waals surface area contributed by atoms with Gasteiger partial charge in [0.05, 0.1) is 29.8 Å². The highest BCUT2D eigenvalue weighted by Crippen LogP contribution is 2.35. The van der Waals surface area contributed by atoms with E-state index in [1.807, 2.05) is 0 Å². The van der Waals surface area contributed by atoms with Crippen molar-refractivity contribution in [1.29, 1.82) is 0 Å². The number of carbonyl (C=O) groups excluding carboxylic acids is 4. The zero-order valence-electron chi connectivity index (χ0n) is 20.8. The molecule has 40 heavy (non-hydrogen) atoms. The lowest BCUT2D eigenvalue weighted by Gasteiger charge is -2.17. The van der Waals surface area contributed by atoms with E-state index >= 15 is 0 Å². The van der Waals surface area contributed by atoms with Crippen molar-refractivity contribution in [2.75, 3.05) is 22.1 Å². The molecule has 0 atom stereocenters. The van der Waals surface area contributed by atoms with E-state index in [2.05, 4.69) is 10.6 Å². The van der Waals surface area contributed by atoms with Gasteiger partial charge in [-0.25, -0.2) is 9.69 Å². The molecule has 206 valence electrons. The average molecular weight is 572 g/mol. The van der Waals surface area contributed by atoms with Gasteiger partial charge in [-0.15, -0.1) is 0 Å². The fourth-order valence-corrected chi connectivity index (χ4v) is 4.06. The molecule has 0 aromatic heterocycles. The van der Waals surface area contributed by atoms with E-state index < -0.39 is 34.6 Å². The van der Waals surface area contributed by atoms with Crippen LogP contribution in [0.3, 0.4) is 0 Å². The lowest BCUT2D eigenvalue weighted by Crippen LogP contribution is -2.32. The summed E-state index contributed by atoms with van der Waals surface area (Å²) in [7, 11) is 0. The Morgan fingerprint density at radius 2 is 1.62 bits per heavy atom. The quantitative estimate of drug-likeness (QED) is 0.273. The van der Waals surface area contributed by atoms with Crippen LogP contribution in [-0.4, -0.2) is 30.3 Å². The van der Waals surface area contributed by atoms with Gasteiger partial charge in [0.15, 0.2) is 0 Å². The summed E-state index contributed by atoms with van der Waals surface area (Å²) < 4.78 is 44.3. The van der Waals surface area contributed by atoms with Crippen molar-refractivity contribution >= 4 is 52.4 Å². The number of imide groups is 1. The Morgan fingerprint density at radius 1 is 0.925 bits per heavy atom. The summed E-state index contributed by atoms with van der Waals surface area (Å²) in [5.41, 5.74) is 0.106. The van der Waals surface area contributed by atoms with Gasteiger partial charge in [-0.2, -0.15) is 13.2 Å². The minimum Gasteiger partial charge on any atom is -0.462 e. The van der Waals surface area contributed by atoms with Crippen LogP contribution in [0.25, 0.3) is 0 Å². The Balaban J connectivity index is 1.41. The molecule has 0 radical (unpaired) electrons. The number of nitrogens with one attached hydrogen (secondary N) is 2. The maximum Gasteiger partial charge on any atom is 0.416 e. The van der Waals surface area contributed by atoms with Crippen LogP contribution in [0.1, 0.15) is 28.4 Å². The molecule has 1 aliphatic heterocycles. The van der Waals surface area contributed by atoms with Crippen LogP contribution in [0.2, 0.25) is 0 Å². The second-order valence-corrected chi connectivity index (χ2v) is 8.91. The number of rotatable bonds is 8. The molecule has 0 spiro atoms. The minimum absolute atomic E-state index is 0.00585. The predicted octanol–water partition coefficient (Wildman–Crippen LogP) is 5.50. The summed E-state index contributed by atoms with van der Waals surface area (Å²) >= 11 is 6.07. The van der Waals surface area contributed by atoms with Crippen LogP contribution >= 0.6 is 11.6 Å². The van der Waals surface area contributed by atoms with Gasteiger partial charge >= 0.3 is 12.1 Å². The first-order chi connectivity index (χ1) is 19.0. The average Bonchev–Trinajstić information content (AvgIpc) is 3.12. The molecule has 0 aliphatic carbocycles. The smallest absolute Gasteiger partial charge is 0.416 e. The molecule has 3 amide bonds. The maximum atomic E-state index is 13.1. The van der Waals surface area contributed by atoms with Crippen molar-refractivity contribution in [1.82, 2.24) is 0 Å². The van der Waals surface area contributed by atoms with Crippen molar-refractivity contribution in [2.45, 2.75) is 19.5 Å². The standard InChI is InChI=1S/C28H21ClF3N3O5/c1-2-40-27(39)17-5-3-7-20(14-17)33-22(36)13-16-9-11-19(12-10-16)34-24-23(29)25(37)35(26(24)38)21-8-4-6-18(15-21)28(30,31)32/h3-12,14-15,34H,2,13H2,1H3,(H,33,36). The van der Waals surface area contributed by atoms with Gasteiger partial charge in [0.25, 0.3) is 11.8 Å².